The Labute approximate surface area is 202 Å². The van der Waals surface area contributed by atoms with Crippen LogP contribution in [0.1, 0.15) is 35.2 Å². The molecule has 0 unspecified atom stereocenters. The second kappa shape index (κ2) is 7.80. The number of hydrogen-bond acceptors (Lipinski definition) is 5. The molecule has 7 nitrogen and oxygen atoms in total. The summed E-state index contributed by atoms with van der Waals surface area (Å²) >= 11 is 0. The molecule has 0 spiro atoms. The van der Waals surface area contributed by atoms with E-state index in [-0.39, 0.29) is 11.7 Å². The number of rotatable bonds is 4. The number of halogens is 1. The van der Waals surface area contributed by atoms with Gasteiger partial charge in [-0.2, -0.15) is 0 Å². The monoisotopic (exact) mass is 468 g/mol. The van der Waals surface area contributed by atoms with Crippen molar-refractivity contribution in [1.82, 2.24) is 19.7 Å². The van der Waals surface area contributed by atoms with Crippen LogP contribution in [-0.4, -0.2) is 33.4 Å². The lowest BCUT2D eigenvalue weighted by molar-refractivity contribution is 0.0966. The molecule has 2 atom stereocenters. The predicted molar refractivity (Wildman–Crippen MR) is 132 cm³/mol. The van der Waals surface area contributed by atoms with Gasteiger partial charge in [-0.15, -0.1) is 0 Å². The lowest BCUT2D eigenvalue weighted by Gasteiger charge is -2.33. The van der Waals surface area contributed by atoms with Crippen molar-refractivity contribution in [3.8, 4) is 11.3 Å². The maximum atomic E-state index is 13.6. The normalized spacial score (nSPS) is 20.8. The molecule has 3 aliphatic rings. The summed E-state index contributed by atoms with van der Waals surface area (Å²) in [4.78, 5) is 24.2. The number of imidazole rings is 1. The molecule has 1 aliphatic carbocycles. The highest BCUT2D eigenvalue weighted by Gasteiger charge is 2.33. The number of pyridine rings is 2. The molecular weight excluding hydrogens is 443 g/mol. The number of nitrogens with zero attached hydrogens (tertiary/aromatic N) is 4. The van der Waals surface area contributed by atoms with Gasteiger partial charge in [0.05, 0.1) is 35.0 Å². The third-order valence-corrected chi connectivity index (χ3v) is 7.70. The maximum Gasteiger partial charge on any atom is 0.254 e. The average molecular weight is 469 g/mol. The van der Waals surface area contributed by atoms with Crippen LogP contribution in [0.5, 0.6) is 0 Å². The summed E-state index contributed by atoms with van der Waals surface area (Å²) in [6, 6.07) is 10.8. The highest BCUT2D eigenvalue weighted by Crippen LogP contribution is 2.39. The number of fused-ring (bicyclic) bond motifs is 4. The van der Waals surface area contributed by atoms with E-state index in [9.17, 15) is 9.18 Å². The van der Waals surface area contributed by atoms with Crippen LogP contribution in [0.3, 0.4) is 0 Å². The van der Waals surface area contributed by atoms with Crippen LogP contribution >= 0.6 is 0 Å². The van der Waals surface area contributed by atoms with E-state index in [0.29, 0.717) is 23.6 Å². The zero-order valence-corrected chi connectivity index (χ0v) is 19.2. The Kier molecular flexibility index (Phi) is 4.55. The van der Waals surface area contributed by atoms with Gasteiger partial charge < -0.3 is 15.5 Å². The minimum Gasteiger partial charge on any atom is -0.370 e. The number of aromatic nitrogens is 3. The van der Waals surface area contributed by atoms with Crippen molar-refractivity contribution in [3.63, 3.8) is 0 Å². The molecule has 176 valence electrons. The quantitative estimate of drug-likeness (QED) is 0.452. The van der Waals surface area contributed by atoms with Gasteiger partial charge in [-0.05, 0) is 60.9 Å². The molecule has 5 heterocycles. The van der Waals surface area contributed by atoms with E-state index < -0.39 is 0 Å². The fraction of sp³-hybridized carbons (Fsp3) is 0.296. The Morgan fingerprint density at radius 1 is 1.03 bits per heavy atom. The van der Waals surface area contributed by atoms with Crippen LogP contribution in [0, 0.1) is 17.7 Å². The minimum atomic E-state index is -0.331. The van der Waals surface area contributed by atoms with Gasteiger partial charge in [0, 0.05) is 37.5 Å². The molecule has 8 heteroatoms. The van der Waals surface area contributed by atoms with E-state index in [0.717, 1.165) is 53.1 Å². The first-order valence-corrected chi connectivity index (χ1v) is 12.2. The first kappa shape index (κ1) is 20.4. The second-order valence-corrected chi connectivity index (χ2v) is 9.89. The zero-order chi connectivity index (χ0) is 23.5. The highest BCUT2D eigenvalue weighted by molar-refractivity contribution is 6.06. The van der Waals surface area contributed by atoms with Crippen molar-refractivity contribution in [2.75, 3.05) is 23.3 Å². The van der Waals surface area contributed by atoms with Crippen LogP contribution in [0.25, 0.3) is 16.9 Å². The topological polar surface area (TPSA) is 74.6 Å². The molecule has 35 heavy (non-hydrogen) atoms. The minimum absolute atomic E-state index is 0.121. The first-order chi connectivity index (χ1) is 17.1. The molecule has 1 saturated carbocycles. The Hall–Kier alpha value is -3.94. The molecule has 2 bridgehead atoms. The Morgan fingerprint density at radius 3 is 2.69 bits per heavy atom. The number of benzene rings is 1. The van der Waals surface area contributed by atoms with E-state index in [2.05, 4.69) is 31.6 Å². The van der Waals surface area contributed by atoms with Crippen molar-refractivity contribution in [3.05, 3.63) is 71.9 Å². The van der Waals surface area contributed by atoms with Crippen LogP contribution in [0.2, 0.25) is 0 Å². The molecule has 1 amide bonds. The molecule has 1 saturated heterocycles. The van der Waals surface area contributed by atoms with Crippen LogP contribution in [-0.2, 0) is 6.54 Å². The summed E-state index contributed by atoms with van der Waals surface area (Å²) in [6.45, 7) is 2.67. The Bertz CT molecular complexity index is 1450. The summed E-state index contributed by atoms with van der Waals surface area (Å²) in [7, 11) is 0. The molecule has 2 fully saturated rings. The average Bonchev–Trinajstić information content (AvgIpc) is 3.56. The summed E-state index contributed by atoms with van der Waals surface area (Å²) in [6.07, 6.45) is 9.38. The Morgan fingerprint density at radius 2 is 1.89 bits per heavy atom. The third kappa shape index (κ3) is 3.43. The van der Waals surface area contributed by atoms with E-state index >= 15 is 0 Å². The largest absolute Gasteiger partial charge is 0.370 e. The van der Waals surface area contributed by atoms with Gasteiger partial charge in [-0.3, -0.25) is 9.20 Å². The predicted octanol–water partition coefficient (Wildman–Crippen LogP) is 4.76. The Balaban J connectivity index is 1.19. The van der Waals surface area contributed by atoms with E-state index in [1.54, 1.807) is 12.4 Å². The number of nitrogens with one attached hydrogen (secondary N) is 2. The maximum absolute atomic E-state index is 13.6. The van der Waals surface area contributed by atoms with Crippen LogP contribution in [0.4, 0.5) is 21.6 Å². The number of carbonyl (C=O) groups excluding carboxylic acids is 1. The smallest absolute Gasteiger partial charge is 0.254 e. The van der Waals surface area contributed by atoms with E-state index in [1.807, 2.05) is 28.8 Å². The van der Waals surface area contributed by atoms with Crippen LogP contribution in [0.15, 0.2) is 55.0 Å². The standard InChI is InChI=1S/C27H25FN6O/c28-18-7-8-34-23(13-30-25(34)10-18)20-4-5-22(26-21(20)12-31-27(26)35)32-24-6-3-19(11-29-24)33-14-16-1-2-17(9-16)15-33/h3-8,10-11,13,16-17H,1-2,9,12,14-15H2,(H,29,32)(H,31,35)/t16-,17+. The third-order valence-electron chi connectivity index (χ3n) is 7.70. The zero-order valence-electron chi connectivity index (χ0n) is 19.2. The lowest BCUT2D eigenvalue weighted by Crippen LogP contribution is -2.36. The van der Waals surface area contributed by atoms with Crippen molar-refractivity contribution in [1.29, 1.82) is 0 Å². The van der Waals surface area contributed by atoms with Crippen molar-refractivity contribution >= 4 is 28.7 Å². The molecule has 2 aliphatic heterocycles. The molecule has 3 aromatic heterocycles. The van der Waals surface area contributed by atoms with Gasteiger partial charge in [0.1, 0.15) is 17.3 Å². The number of piperidine rings is 1. The van der Waals surface area contributed by atoms with E-state index in [4.69, 9.17) is 0 Å². The molecule has 4 aromatic rings. The fourth-order valence-electron chi connectivity index (χ4n) is 6.05. The fourth-order valence-corrected chi connectivity index (χ4v) is 6.05. The number of anilines is 3. The van der Waals surface area contributed by atoms with Gasteiger partial charge >= 0.3 is 0 Å². The molecule has 2 N–H and O–H groups in total. The number of carbonyl (C=O) groups is 1. The van der Waals surface area contributed by atoms with Gasteiger partial charge in [0.25, 0.3) is 5.91 Å². The van der Waals surface area contributed by atoms with Gasteiger partial charge in [0.15, 0.2) is 0 Å². The van der Waals surface area contributed by atoms with Crippen molar-refractivity contribution in [2.45, 2.75) is 25.8 Å². The summed E-state index contributed by atoms with van der Waals surface area (Å²) in [5.74, 6) is 1.89. The first-order valence-electron chi connectivity index (χ1n) is 12.2. The van der Waals surface area contributed by atoms with E-state index in [1.165, 1.54) is 31.4 Å². The van der Waals surface area contributed by atoms with Gasteiger partial charge in [0.2, 0.25) is 0 Å². The number of amides is 1. The molecule has 7 rings (SSSR count). The SMILES string of the molecule is O=C1NCc2c(-c3cnc4cc(F)ccn34)ccc(Nc3ccc(N4C[C@@H]5CC[C@@H](C5)C4)cn3)c21. The van der Waals surface area contributed by atoms with Crippen LogP contribution < -0.4 is 15.5 Å². The molecular formula is C27H25FN6O. The summed E-state index contributed by atoms with van der Waals surface area (Å²) in [5, 5.41) is 6.29. The summed E-state index contributed by atoms with van der Waals surface area (Å²) < 4.78 is 15.5. The lowest BCUT2D eigenvalue weighted by atomic mass is 9.98. The van der Waals surface area contributed by atoms with Gasteiger partial charge in [-0.25, -0.2) is 14.4 Å². The second-order valence-electron chi connectivity index (χ2n) is 9.89. The van der Waals surface area contributed by atoms with Gasteiger partial charge in [-0.1, -0.05) is 6.07 Å². The molecule has 1 aromatic carbocycles. The number of hydrogen-bond donors (Lipinski definition) is 2. The van der Waals surface area contributed by atoms with Crippen molar-refractivity contribution in [2.24, 2.45) is 11.8 Å². The highest BCUT2D eigenvalue weighted by atomic mass is 19.1. The van der Waals surface area contributed by atoms with Crippen molar-refractivity contribution < 1.29 is 9.18 Å². The summed E-state index contributed by atoms with van der Waals surface area (Å²) in [5.41, 5.74) is 5.62. The molecule has 0 radical (unpaired) electrons.